The molecule has 0 radical (unpaired) electrons. The first-order valence-electron chi connectivity index (χ1n) is 5.84. The van der Waals surface area contributed by atoms with Crippen LogP contribution in [0.4, 0.5) is 0 Å². The molecule has 0 saturated heterocycles. The van der Waals surface area contributed by atoms with Gasteiger partial charge in [0.1, 0.15) is 5.75 Å². The van der Waals surface area contributed by atoms with Crippen molar-refractivity contribution in [2.45, 2.75) is 20.4 Å². The molecule has 98 valence electrons. The van der Waals surface area contributed by atoms with Crippen LogP contribution in [0.15, 0.2) is 35.3 Å². The molecule has 4 heteroatoms. The van der Waals surface area contributed by atoms with E-state index in [1.165, 1.54) is 0 Å². The smallest absolute Gasteiger partial charge is 0.189 e. The number of nitrogens with two attached hydrogens (primary N) is 1. The number of ether oxygens (including phenoxy) is 1. The van der Waals surface area contributed by atoms with Crippen molar-refractivity contribution in [2.24, 2.45) is 10.7 Å². The largest absolute Gasteiger partial charge is 0.497 e. The summed E-state index contributed by atoms with van der Waals surface area (Å²) in [6.45, 7) is 8.93. The minimum atomic E-state index is 0.429. The van der Waals surface area contributed by atoms with E-state index in [9.17, 15) is 0 Å². The molecule has 0 bridgehead atoms. The summed E-state index contributed by atoms with van der Waals surface area (Å²) < 4.78 is 5.21. The van der Waals surface area contributed by atoms with E-state index in [4.69, 9.17) is 10.5 Å². The molecule has 0 aromatic heterocycles. The molecule has 3 N–H and O–H groups in total. The Kier molecular flexibility index (Phi) is 5.24. The van der Waals surface area contributed by atoms with E-state index in [0.29, 0.717) is 19.0 Å². The van der Waals surface area contributed by atoms with Crippen LogP contribution in [0, 0.1) is 6.92 Å². The van der Waals surface area contributed by atoms with Gasteiger partial charge in [-0.1, -0.05) is 18.2 Å². The van der Waals surface area contributed by atoms with Gasteiger partial charge in [0.15, 0.2) is 5.96 Å². The third kappa shape index (κ3) is 4.91. The molecule has 0 aliphatic carbocycles. The van der Waals surface area contributed by atoms with Gasteiger partial charge in [-0.25, -0.2) is 4.99 Å². The number of nitrogens with zero attached hydrogens (tertiary/aromatic N) is 1. The maximum Gasteiger partial charge on any atom is 0.189 e. The fourth-order valence-electron chi connectivity index (χ4n) is 1.51. The number of hydrogen-bond acceptors (Lipinski definition) is 2. The van der Waals surface area contributed by atoms with Gasteiger partial charge >= 0.3 is 0 Å². The molecule has 0 atom stereocenters. The van der Waals surface area contributed by atoms with Crippen molar-refractivity contribution in [3.63, 3.8) is 0 Å². The Morgan fingerprint density at radius 3 is 2.78 bits per heavy atom. The second-order valence-corrected chi connectivity index (χ2v) is 4.37. The molecule has 1 aromatic rings. The predicted molar refractivity (Wildman–Crippen MR) is 75.9 cm³/mol. The van der Waals surface area contributed by atoms with Crippen LogP contribution in [0.2, 0.25) is 0 Å². The third-order valence-electron chi connectivity index (χ3n) is 2.35. The molecule has 1 aromatic carbocycles. The maximum absolute atomic E-state index is 5.74. The summed E-state index contributed by atoms with van der Waals surface area (Å²) in [6.07, 6.45) is 0. The predicted octanol–water partition coefficient (Wildman–Crippen LogP) is 1.98. The number of hydrogen-bond donors (Lipinski definition) is 2. The summed E-state index contributed by atoms with van der Waals surface area (Å²) >= 11 is 0. The molecule has 0 aliphatic heterocycles. The highest BCUT2D eigenvalue weighted by Crippen LogP contribution is 2.16. The van der Waals surface area contributed by atoms with E-state index in [1.807, 2.05) is 26.0 Å². The molecule has 0 aliphatic rings. The fraction of sp³-hybridized carbons (Fsp3) is 0.357. The lowest BCUT2D eigenvalue weighted by Gasteiger charge is -2.07. The second-order valence-electron chi connectivity index (χ2n) is 4.37. The van der Waals surface area contributed by atoms with Crippen molar-refractivity contribution in [2.75, 3.05) is 13.7 Å². The quantitative estimate of drug-likeness (QED) is 0.475. The molecule has 0 fully saturated rings. The summed E-state index contributed by atoms with van der Waals surface area (Å²) in [5.41, 5.74) is 8.99. The highest BCUT2D eigenvalue weighted by Gasteiger charge is 1.99. The molecule has 0 amide bonds. The number of rotatable bonds is 5. The average molecular weight is 247 g/mol. The van der Waals surface area contributed by atoms with Gasteiger partial charge in [0.05, 0.1) is 13.7 Å². The first-order chi connectivity index (χ1) is 8.51. The summed E-state index contributed by atoms with van der Waals surface area (Å²) in [4.78, 5) is 4.27. The number of nitrogens with one attached hydrogen (secondary N) is 1. The molecule has 18 heavy (non-hydrogen) atoms. The van der Waals surface area contributed by atoms with Gasteiger partial charge in [0, 0.05) is 6.54 Å². The first-order valence-corrected chi connectivity index (χ1v) is 5.84. The van der Waals surface area contributed by atoms with E-state index in [2.05, 4.69) is 23.0 Å². The Balaban J connectivity index is 2.64. The Bertz CT molecular complexity index is 452. The number of benzene rings is 1. The molecule has 0 saturated carbocycles. The molecule has 0 heterocycles. The Morgan fingerprint density at radius 1 is 1.44 bits per heavy atom. The zero-order valence-corrected chi connectivity index (χ0v) is 11.3. The highest BCUT2D eigenvalue weighted by molar-refractivity contribution is 5.78. The molecular weight excluding hydrogens is 226 g/mol. The van der Waals surface area contributed by atoms with Crippen molar-refractivity contribution < 1.29 is 4.74 Å². The van der Waals surface area contributed by atoms with Crippen LogP contribution < -0.4 is 15.8 Å². The van der Waals surface area contributed by atoms with E-state index in [-0.39, 0.29) is 0 Å². The monoisotopic (exact) mass is 247 g/mol. The highest BCUT2D eigenvalue weighted by atomic mass is 16.5. The lowest BCUT2D eigenvalue weighted by molar-refractivity contribution is 0.414. The second kappa shape index (κ2) is 6.69. The van der Waals surface area contributed by atoms with Crippen LogP contribution in [-0.2, 0) is 6.54 Å². The van der Waals surface area contributed by atoms with Gasteiger partial charge in [0.25, 0.3) is 0 Å². The maximum atomic E-state index is 5.74. The van der Waals surface area contributed by atoms with Gasteiger partial charge < -0.3 is 15.8 Å². The van der Waals surface area contributed by atoms with Gasteiger partial charge in [0.2, 0.25) is 0 Å². The Morgan fingerprint density at radius 2 is 2.17 bits per heavy atom. The number of guanidine groups is 1. The van der Waals surface area contributed by atoms with Crippen LogP contribution in [0.25, 0.3) is 0 Å². The molecule has 1 rings (SSSR count). The zero-order chi connectivity index (χ0) is 13.5. The summed E-state index contributed by atoms with van der Waals surface area (Å²) in [5, 5.41) is 2.99. The summed E-state index contributed by atoms with van der Waals surface area (Å²) in [6, 6.07) is 6.01. The van der Waals surface area contributed by atoms with Crippen LogP contribution in [0.5, 0.6) is 5.75 Å². The summed E-state index contributed by atoms with van der Waals surface area (Å²) in [5.74, 6) is 1.27. The molecule has 0 spiro atoms. The first kappa shape index (κ1) is 14.1. The number of methoxy groups -OCH3 is 1. The van der Waals surface area contributed by atoms with E-state index in [1.54, 1.807) is 7.11 Å². The minimum absolute atomic E-state index is 0.429. The number of aryl methyl sites for hydroxylation is 1. The lowest BCUT2D eigenvalue weighted by atomic mass is 10.1. The van der Waals surface area contributed by atoms with Crippen LogP contribution in [-0.4, -0.2) is 19.6 Å². The molecule has 4 nitrogen and oxygen atoms in total. The Hall–Kier alpha value is -1.97. The average Bonchev–Trinajstić information content (AvgIpc) is 2.33. The van der Waals surface area contributed by atoms with Crippen LogP contribution in [0.3, 0.4) is 0 Å². The van der Waals surface area contributed by atoms with E-state index < -0.39 is 0 Å². The fourth-order valence-corrected chi connectivity index (χ4v) is 1.51. The lowest BCUT2D eigenvalue weighted by Crippen LogP contribution is -2.32. The van der Waals surface area contributed by atoms with Gasteiger partial charge in [-0.3, -0.25) is 0 Å². The zero-order valence-electron chi connectivity index (χ0n) is 11.3. The summed E-state index contributed by atoms with van der Waals surface area (Å²) in [7, 11) is 1.66. The number of aliphatic imine (C=N–C) groups is 1. The van der Waals surface area contributed by atoms with Crippen molar-refractivity contribution >= 4 is 5.96 Å². The van der Waals surface area contributed by atoms with Crippen LogP contribution in [0.1, 0.15) is 18.1 Å². The third-order valence-corrected chi connectivity index (χ3v) is 2.35. The SMILES string of the molecule is C=C(C)CNC(N)=NCc1cc(C)cc(OC)c1. The van der Waals surface area contributed by atoms with Crippen molar-refractivity contribution in [1.82, 2.24) is 5.32 Å². The normalized spacial score (nSPS) is 11.2. The van der Waals surface area contributed by atoms with Crippen LogP contribution >= 0.6 is 0 Å². The van der Waals surface area contributed by atoms with E-state index in [0.717, 1.165) is 22.4 Å². The minimum Gasteiger partial charge on any atom is -0.497 e. The van der Waals surface area contributed by atoms with Gasteiger partial charge in [-0.15, -0.1) is 0 Å². The van der Waals surface area contributed by atoms with Crippen molar-refractivity contribution in [3.8, 4) is 5.75 Å². The Labute approximate surface area is 109 Å². The van der Waals surface area contributed by atoms with E-state index >= 15 is 0 Å². The van der Waals surface area contributed by atoms with Crippen molar-refractivity contribution in [3.05, 3.63) is 41.5 Å². The molecule has 0 unspecified atom stereocenters. The topological polar surface area (TPSA) is 59.6 Å². The van der Waals surface area contributed by atoms with Gasteiger partial charge in [-0.2, -0.15) is 0 Å². The molecular formula is C14H21N3O. The van der Waals surface area contributed by atoms with Gasteiger partial charge in [-0.05, 0) is 37.1 Å². The van der Waals surface area contributed by atoms with Crippen molar-refractivity contribution in [1.29, 1.82) is 0 Å². The standard InChI is InChI=1S/C14H21N3O/c1-10(2)8-16-14(15)17-9-12-5-11(3)6-13(7-12)18-4/h5-7H,1,8-9H2,2-4H3,(H3,15,16,17).